The lowest BCUT2D eigenvalue weighted by Crippen LogP contribution is -2.28. The van der Waals surface area contributed by atoms with Gasteiger partial charge in [0.1, 0.15) is 12.2 Å². The lowest BCUT2D eigenvalue weighted by Gasteiger charge is -2.13. The van der Waals surface area contributed by atoms with Crippen LogP contribution in [0.3, 0.4) is 0 Å². The van der Waals surface area contributed by atoms with Crippen LogP contribution in [0.25, 0.3) is 0 Å². The van der Waals surface area contributed by atoms with Gasteiger partial charge < -0.3 is 9.42 Å². The smallest absolute Gasteiger partial charge is 0.248 e. The number of nitrogens with zero attached hydrogens (tertiary/aromatic N) is 3. The highest BCUT2D eigenvalue weighted by atomic mass is 16.5. The van der Waals surface area contributed by atoms with Crippen LogP contribution in [-0.4, -0.2) is 30.4 Å². The fourth-order valence-corrected chi connectivity index (χ4v) is 2.19. The van der Waals surface area contributed by atoms with E-state index in [2.05, 4.69) is 10.1 Å². The quantitative estimate of drug-likeness (QED) is 0.780. The molecule has 0 spiro atoms. The number of carbonyl (C=O) groups is 1. The minimum Gasteiger partial charge on any atom is -0.359 e. The van der Waals surface area contributed by atoms with Gasteiger partial charge in [0.2, 0.25) is 5.91 Å². The van der Waals surface area contributed by atoms with Crippen LogP contribution in [0, 0.1) is 6.92 Å². The van der Waals surface area contributed by atoms with Crippen LogP contribution in [0.5, 0.6) is 0 Å². The van der Waals surface area contributed by atoms with Crippen molar-refractivity contribution in [2.75, 3.05) is 18.5 Å². The minimum absolute atomic E-state index is 0.0709. The van der Waals surface area contributed by atoms with Crippen molar-refractivity contribution < 1.29 is 9.32 Å². The molecule has 5 heteroatoms. The van der Waals surface area contributed by atoms with Crippen molar-refractivity contribution in [3.8, 4) is 0 Å². The Balaban J connectivity index is 2.21. The topological polar surface area (TPSA) is 58.7 Å². The third-order valence-electron chi connectivity index (χ3n) is 3.19. The normalized spacial score (nSPS) is 14.9. The Morgan fingerprint density at radius 3 is 2.74 bits per heavy atom. The fraction of sp³-hybridized carbons (Fsp3) is 0.214. The number of carbonyl (C=O) groups excluding carboxylic acids is 1. The zero-order valence-electron chi connectivity index (χ0n) is 10.8. The Morgan fingerprint density at radius 1 is 1.26 bits per heavy atom. The van der Waals surface area contributed by atoms with Gasteiger partial charge in [0, 0.05) is 12.6 Å². The van der Waals surface area contributed by atoms with Crippen LogP contribution in [0.4, 0.5) is 5.69 Å². The van der Waals surface area contributed by atoms with Crippen molar-refractivity contribution >= 4 is 17.3 Å². The molecule has 1 aromatic carbocycles. The molecule has 0 saturated heterocycles. The molecule has 5 nitrogen and oxygen atoms in total. The SMILES string of the molecule is Cc1onc2c1N(C)C(=O)CN=C2c1ccccc1. The lowest BCUT2D eigenvalue weighted by atomic mass is 10.1. The predicted molar refractivity (Wildman–Crippen MR) is 71.6 cm³/mol. The van der Waals surface area contributed by atoms with Gasteiger partial charge in [0.05, 0.1) is 5.71 Å². The van der Waals surface area contributed by atoms with Crippen LogP contribution in [0.2, 0.25) is 0 Å². The van der Waals surface area contributed by atoms with Crippen molar-refractivity contribution in [1.82, 2.24) is 5.16 Å². The van der Waals surface area contributed by atoms with E-state index in [1.54, 1.807) is 18.9 Å². The highest BCUT2D eigenvalue weighted by Crippen LogP contribution is 2.28. The molecule has 1 aromatic heterocycles. The largest absolute Gasteiger partial charge is 0.359 e. The van der Waals surface area contributed by atoms with E-state index in [0.29, 0.717) is 22.9 Å². The summed E-state index contributed by atoms with van der Waals surface area (Å²) < 4.78 is 5.22. The molecule has 2 heterocycles. The molecule has 3 rings (SSSR count). The molecular weight excluding hydrogens is 242 g/mol. The Hall–Kier alpha value is -2.43. The van der Waals surface area contributed by atoms with Gasteiger partial charge in [-0.05, 0) is 6.92 Å². The monoisotopic (exact) mass is 255 g/mol. The van der Waals surface area contributed by atoms with E-state index in [-0.39, 0.29) is 12.5 Å². The lowest BCUT2D eigenvalue weighted by molar-refractivity contribution is -0.116. The molecule has 1 aliphatic heterocycles. The molecule has 0 fully saturated rings. The van der Waals surface area contributed by atoms with E-state index >= 15 is 0 Å². The van der Waals surface area contributed by atoms with Crippen LogP contribution >= 0.6 is 0 Å². The van der Waals surface area contributed by atoms with E-state index in [1.165, 1.54) is 0 Å². The average molecular weight is 255 g/mol. The van der Waals surface area contributed by atoms with Gasteiger partial charge in [-0.2, -0.15) is 0 Å². The number of rotatable bonds is 1. The van der Waals surface area contributed by atoms with E-state index in [1.807, 2.05) is 30.3 Å². The first-order chi connectivity index (χ1) is 9.18. The molecular formula is C14H13N3O2. The molecule has 0 atom stereocenters. The van der Waals surface area contributed by atoms with Crippen molar-refractivity contribution in [2.24, 2.45) is 4.99 Å². The molecule has 19 heavy (non-hydrogen) atoms. The summed E-state index contributed by atoms with van der Waals surface area (Å²) in [7, 11) is 1.72. The molecule has 1 aliphatic rings. The zero-order chi connectivity index (χ0) is 13.4. The summed E-state index contributed by atoms with van der Waals surface area (Å²) in [5, 5.41) is 4.06. The number of benzene rings is 1. The summed E-state index contributed by atoms with van der Waals surface area (Å²) >= 11 is 0. The number of amides is 1. The fourth-order valence-electron chi connectivity index (χ4n) is 2.19. The van der Waals surface area contributed by atoms with Crippen LogP contribution < -0.4 is 4.90 Å². The number of anilines is 1. The molecule has 0 radical (unpaired) electrons. The number of aliphatic imine (C=N–C) groups is 1. The second kappa shape index (κ2) is 4.35. The highest BCUT2D eigenvalue weighted by molar-refractivity contribution is 6.18. The molecule has 1 amide bonds. The Kier molecular flexibility index (Phi) is 2.67. The summed E-state index contributed by atoms with van der Waals surface area (Å²) in [6.45, 7) is 1.92. The van der Waals surface area contributed by atoms with Gasteiger partial charge in [-0.3, -0.25) is 9.79 Å². The Labute approximate surface area is 110 Å². The van der Waals surface area contributed by atoms with Gasteiger partial charge >= 0.3 is 0 Å². The van der Waals surface area contributed by atoms with Crippen molar-refractivity contribution in [3.05, 3.63) is 47.3 Å². The number of hydrogen-bond donors (Lipinski definition) is 0. The van der Waals surface area contributed by atoms with E-state index < -0.39 is 0 Å². The Morgan fingerprint density at radius 2 is 2.00 bits per heavy atom. The number of fused-ring (bicyclic) bond motifs is 1. The van der Waals surface area contributed by atoms with Crippen LogP contribution in [0.15, 0.2) is 39.8 Å². The van der Waals surface area contributed by atoms with E-state index in [0.717, 1.165) is 5.56 Å². The average Bonchev–Trinajstić information content (AvgIpc) is 2.75. The minimum atomic E-state index is -0.0709. The second-order valence-corrected chi connectivity index (χ2v) is 4.42. The first-order valence-corrected chi connectivity index (χ1v) is 6.01. The summed E-state index contributed by atoms with van der Waals surface area (Å²) in [5.74, 6) is 0.551. The predicted octanol–water partition coefficient (Wildman–Crippen LogP) is 1.80. The molecule has 2 aromatic rings. The second-order valence-electron chi connectivity index (χ2n) is 4.42. The summed E-state index contributed by atoms with van der Waals surface area (Å²) in [6.07, 6.45) is 0. The van der Waals surface area contributed by atoms with Gasteiger partial charge in [0.15, 0.2) is 11.5 Å². The van der Waals surface area contributed by atoms with Crippen molar-refractivity contribution in [3.63, 3.8) is 0 Å². The maximum absolute atomic E-state index is 12.0. The van der Waals surface area contributed by atoms with Crippen LogP contribution in [-0.2, 0) is 4.79 Å². The Bertz CT molecular complexity index is 659. The number of aromatic nitrogens is 1. The summed E-state index contributed by atoms with van der Waals surface area (Å²) in [4.78, 5) is 17.9. The molecule has 0 aliphatic carbocycles. The van der Waals surface area contributed by atoms with Gasteiger partial charge in [0.25, 0.3) is 0 Å². The zero-order valence-corrected chi connectivity index (χ0v) is 10.8. The van der Waals surface area contributed by atoms with Crippen LogP contribution in [0.1, 0.15) is 17.0 Å². The van der Waals surface area contributed by atoms with Gasteiger partial charge in [-0.1, -0.05) is 35.5 Å². The van der Waals surface area contributed by atoms with E-state index in [9.17, 15) is 4.79 Å². The maximum Gasteiger partial charge on any atom is 0.248 e. The first kappa shape index (κ1) is 11.6. The number of likely N-dealkylation sites (N-methyl/N-ethyl adjacent to an activating group) is 1. The van der Waals surface area contributed by atoms with Crippen molar-refractivity contribution in [1.29, 1.82) is 0 Å². The molecule has 0 unspecified atom stereocenters. The number of aryl methyl sites for hydroxylation is 1. The first-order valence-electron chi connectivity index (χ1n) is 6.01. The molecule has 0 N–H and O–H groups in total. The summed E-state index contributed by atoms with van der Waals surface area (Å²) in [5.41, 5.74) is 2.95. The van der Waals surface area contributed by atoms with Gasteiger partial charge in [-0.25, -0.2) is 0 Å². The molecule has 0 bridgehead atoms. The third-order valence-corrected chi connectivity index (χ3v) is 3.19. The highest BCUT2D eigenvalue weighted by Gasteiger charge is 2.28. The third kappa shape index (κ3) is 1.83. The van der Waals surface area contributed by atoms with Crippen molar-refractivity contribution in [2.45, 2.75) is 6.92 Å². The summed E-state index contributed by atoms with van der Waals surface area (Å²) in [6, 6.07) is 9.69. The van der Waals surface area contributed by atoms with E-state index in [4.69, 9.17) is 4.52 Å². The standard InChI is InChI=1S/C14H13N3O2/c1-9-14-13(16-19-9)12(10-6-4-3-5-7-10)15-8-11(18)17(14)2/h3-7H,8H2,1-2H3. The molecule has 96 valence electrons. The van der Waals surface area contributed by atoms with Gasteiger partial charge in [-0.15, -0.1) is 0 Å². The number of hydrogen-bond acceptors (Lipinski definition) is 4. The maximum atomic E-state index is 12.0. The molecule has 0 saturated carbocycles.